The molecular formula is C17H17FN2S. The number of anilines is 1. The van der Waals surface area contributed by atoms with Crippen molar-refractivity contribution in [1.82, 2.24) is 4.79 Å². The maximum Gasteiger partial charge on any atom is 0.0873 e. The Balaban J connectivity index is 2.03. The van der Waals surface area contributed by atoms with Gasteiger partial charge in [0, 0.05) is 30.1 Å². The minimum atomic E-state index is 0.601. The van der Waals surface area contributed by atoms with Gasteiger partial charge in [-0.05, 0) is 48.1 Å². The van der Waals surface area contributed by atoms with E-state index in [1.54, 1.807) is 0 Å². The first-order valence-electron chi connectivity index (χ1n) is 6.84. The first kappa shape index (κ1) is 14.1. The lowest BCUT2D eigenvalue weighted by Crippen LogP contribution is -2.17. The first-order chi connectivity index (χ1) is 10.1. The van der Waals surface area contributed by atoms with Crippen LogP contribution in [0.15, 0.2) is 53.4 Å². The van der Waals surface area contributed by atoms with Gasteiger partial charge in [0.2, 0.25) is 0 Å². The SMILES string of the molecule is C=C=C(C1=CSCC1)N(C)c1ccc2c(c1)c(C)cn2F. The Morgan fingerprint density at radius 3 is 2.95 bits per heavy atom. The molecule has 0 saturated carbocycles. The fourth-order valence-corrected chi connectivity index (χ4v) is 3.57. The summed E-state index contributed by atoms with van der Waals surface area (Å²) in [7, 11) is 2.00. The average molecular weight is 300 g/mol. The lowest BCUT2D eigenvalue weighted by atomic mass is 10.1. The van der Waals surface area contributed by atoms with Crippen LogP contribution in [0.4, 0.5) is 10.2 Å². The normalized spacial score (nSPS) is 14.1. The van der Waals surface area contributed by atoms with E-state index >= 15 is 0 Å². The summed E-state index contributed by atoms with van der Waals surface area (Å²) in [5.74, 6) is 1.11. The number of aromatic nitrogens is 1. The largest absolute Gasteiger partial charge is 0.338 e. The fourth-order valence-electron chi connectivity index (χ4n) is 2.68. The van der Waals surface area contributed by atoms with E-state index < -0.39 is 0 Å². The summed E-state index contributed by atoms with van der Waals surface area (Å²) in [6, 6.07) is 5.76. The molecule has 2 nitrogen and oxygen atoms in total. The van der Waals surface area contributed by atoms with Gasteiger partial charge in [-0.2, -0.15) is 4.79 Å². The zero-order valence-corrected chi connectivity index (χ0v) is 13.0. The molecule has 1 aromatic heterocycles. The maximum atomic E-state index is 13.7. The van der Waals surface area contributed by atoms with E-state index in [0.717, 1.165) is 34.5 Å². The number of hydrogen-bond acceptors (Lipinski definition) is 2. The minimum absolute atomic E-state index is 0.601. The summed E-state index contributed by atoms with van der Waals surface area (Å²) in [5, 5.41) is 3.10. The van der Waals surface area contributed by atoms with E-state index in [9.17, 15) is 4.48 Å². The van der Waals surface area contributed by atoms with Gasteiger partial charge in [0.25, 0.3) is 0 Å². The number of hydrogen-bond donors (Lipinski definition) is 0. The van der Waals surface area contributed by atoms with Gasteiger partial charge in [0.1, 0.15) is 0 Å². The second kappa shape index (κ2) is 5.47. The van der Waals surface area contributed by atoms with Crippen LogP contribution in [-0.4, -0.2) is 17.6 Å². The van der Waals surface area contributed by atoms with E-state index in [4.69, 9.17) is 0 Å². The molecular weight excluding hydrogens is 283 g/mol. The Kier molecular flexibility index (Phi) is 3.66. The van der Waals surface area contributed by atoms with E-state index in [1.807, 2.05) is 43.9 Å². The van der Waals surface area contributed by atoms with E-state index in [1.165, 1.54) is 11.8 Å². The summed E-state index contributed by atoms with van der Waals surface area (Å²) in [6.07, 6.45) is 2.55. The number of thioether (sulfide) groups is 1. The van der Waals surface area contributed by atoms with Crippen LogP contribution in [0.3, 0.4) is 0 Å². The smallest absolute Gasteiger partial charge is 0.0873 e. The quantitative estimate of drug-likeness (QED) is 0.752. The molecule has 108 valence electrons. The van der Waals surface area contributed by atoms with Crippen LogP contribution in [0, 0.1) is 6.92 Å². The molecule has 0 bridgehead atoms. The number of benzene rings is 1. The van der Waals surface area contributed by atoms with Crippen molar-refractivity contribution in [2.75, 3.05) is 17.7 Å². The Hall–Kier alpha value is -1.90. The lowest BCUT2D eigenvalue weighted by Gasteiger charge is -2.22. The Morgan fingerprint density at radius 2 is 2.29 bits per heavy atom. The van der Waals surface area contributed by atoms with Gasteiger partial charge in [-0.15, -0.1) is 17.5 Å². The van der Waals surface area contributed by atoms with Crippen LogP contribution < -0.4 is 4.90 Å². The fraction of sp³-hybridized carbons (Fsp3) is 0.235. The molecule has 1 aliphatic heterocycles. The first-order valence-corrected chi connectivity index (χ1v) is 7.89. The number of likely N-dealkylation sites (N-methyl/N-ethyl adjacent to an activating group) is 1. The van der Waals surface area contributed by atoms with Crippen molar-refractivity contribution in [3.05, 3.63) is 58.9 Å². The van der Waals surface area contributed by atoms with Crippen molar-refractivity contribution in [2.24, 2.45) is 0 Å². The lowest BCUT2D eigenvalue weighted by molar-refractivity contribution is 0.387. The van der Waals surface area contributed by atoms with Crippen LogP contribution >= 0.6 is 11.8 Å². The molecule has 3 rings (SSSR count). The number of allylic oxidation sites excluding steroid dienone is 1. The van der Waals surface area contributed by atoms with Gasteiger partial charge in [-0.1, -0.05) is 11.1 Å². The molecule has 0 unspecified atom stereocenters. The second-order valence-corrected chi connectivity index (χ2v) is 6.15. The molecule has 0 fully saturated rings. The Bertz CT molecular complexity index is 781. The third-order valence-corrected chi connectivity index (χ3v) is 4.74. The van der Waals surface area contributed by atoms with Crippen molar-refractivity contribution < 1.29 is 4.48 Å². The Morgan fingerprint density at radius 1 is 1.48 bits per heavy atom. The highest BCUT2D eigenvalue weighted by atomic mass is 32.2. The highest BCUT2D eigenvalue weighted by molar-refractivity contribution is 8.02. The number of halogens is 1. The summed E-state index contributed by atoms with van der Waals surface area (Å²) < 4.78 is 13.7. The number of fused-ring (bicyclic) bond motifs is 1. The predicted molar refractivity (Wildman–Crippen MR) is 89.4 cm³/mol. The molecule has 2 aromatic rings. The molecule has 2 heterocycles. The topological polar surface area (TPSA) is 8.17 Å². The molecule has 0 aliphatic carbocycles. The van der Waals surface area contributed by atoms with Crippen molar-refractivity contribution in [3.63, 3.8) is 0 Å². The molecule has 0 radical (unpaired) electrons. The van der Waals surface area contributed by atoms with E-state index in [-0.39, 0.29) is 0 Å². The monoisotopic (exact) mass is 300 g/mol. The summed E-state index contributed by atoms with van der Waals surface area (Å²) in [4.78, 5) is 2.74. The highest BCUT2D eigenvalue weighted by Gasteiger charge is 2.16. The van der Waals surface area contributed by atoms with E-state index in [0.29, 0.717) is 10.3 Å². The summed E-state index contributed by atoms with van der Waals surface area (Å²) in [6.45, 7) is 5.74. The molecule has 4 heteroatoms. The van der Waals surface area contributed by atoms with Crippen LogP contribution in [0.25, 0.3) is 10.9 Å². The van der Waals surface area contributed by atoms with Crippen LogP contribution in [0.1, 0.15) is 12.0 Å². The number of rotatable bonds is 3. The Labute approximate surface area is 128 Å². The van der Waals surface area contributed by atoms with Gasteiger partial charge >= 0.3 is 0 Å². The highest BCUT2D eigenvalue weighted by Crippen LogP contribution is 2.33. The van der Waals surface area contributed by atoms with E-state index in [2.05, 4.69) is 22.6 Å². The molecule has 1 aromatic carbocycles. The molecule has 0 N–H and O–H groups in total. The summed E-state index contributed by atoms with van der Waals surface area (Å²) in [5.41, 5.74) is 7.85. The van der Waals surface area contributed by atoms with Crippen molar-refractivity contribution in [2.45, 2.75) is 13.3 Å². The molecule has 0 saturated heterocycles. The molecule has 0 amide bonds. The van der Waals surface area contributed by atoms with Crippen molar-refractivity contribution in [1.29, 1.82) is 0 Å². The summed E-state index contributed by atoms with van der Waals surface area (Å²) >= 11 is 1.82. The van der Waals surface area contributed by atoms with Gasteiger partial charge in [-0.3, -0.25) is 0 Å². The molecule has 0 atom stereocenters. The van der Waals surface area contributed by atoms with Gasteiger partial charge < -0.3 is 4.90 Å². The molecule has 1 aliphatic rings. The average Bonchev–Trinajstić information content (AvgIpc) is 3.09. The zero-order chi connectivity index (χ0) is 15.0. The third-order valence-electron chi connectivity index (χ3n) is 3.85. The second-order valence-electron chi connectivity index (χ2n) is 5.17. The minimum Gasteiger partial charge on any atom is -0.338 e. The predicted octanol–water partition coefficient (Wildman–Crippen LogP) is 4.81. The number of aryl methyl sites for hydroxylation is 1. The zero-order valence-electron chi connectivity index (χ0n) is 12.2. The molecule has 0 spiro atoms. The molecule has 21 heavy (non-hydrogen) atoms. The van der Waals surface area contributed by atoms with Crippen molar-refractivity contribution >= 4 is 28.4 Å². The van der Waals surface area contributed by atoms with Crippen LogP contribution in [-0.2, 0) is 0 Å². The standard InChI is InChI=1S/C17H17FN2S/c1-4-16(13-7-8-21-11-13)19(3)14-5-6-17-15(9-14)12(2)10-20(17)18/h5-6,9-11H,1,7-8H2,2-3H3. The third kappa shape index (κ3) is 2.41. The van der Waals surface area contributed by atoms with Crippen LogP contribution in [0.2, 0.25) is 0 Å². The maximum absolute atomic E-state index is 13.7. The number of nitrogens with zero attached hydrogens (tertiary/aromatic N) is 2. The van der Waals surface area contributed by atoms with Crippen LogP contribution in [0.5, 0.6) is 0 Å². The van der Waals surface area contributed by atoms with Gasteiger partial charge in [0.05, 0.1) is 11.2 Å². The van der Waals surface area contributed by atoms with Crippen molar-refractivity contribution in [3.8, 4) is 0 Å². The van der Waals surface area contributed by atoms with Gasteiger partial charge in [-0.25, -0.2) is 0 Å². The van der Waals surface area contributed by atoms with Gasteiger partial charge in [0.15, 0.2) is 0 Å².